The van der Waals surface area contributed by atoms with E-state index in [0.29, 0.717) is 23.9 Å². The van der Waals surface area contributed by atoms with E-state index in [-0.39, 0.29) is 23.9 Å². The predicted molar refractivity (Wildman–Crippen MR) is 164 cm³/mol. The van der Waals surface area contributed by atoms with Gasteiger partial charge < -0.3 is 19.4 Å². The lowest BCUT2D eigenvalue weighted by atomic mass is 10.0. The van der Waals surface area contributed by atoms with Crippen molar-refractivity contribution in [2.24, 2.45) is 5.92 Å². The molecule has 5 heterocycles. The molecule has 0 bridgehead atoms. The number of aromatic nitrogens is 6. The van der Waals surface area contributed by atoms with E-state index >= 15 is 0 Å². The minimum atomic E-state index is -0.537. The van der Waals surface area contributed by atoms with E-state index in [0.717, 1.165) is 76.2 Å². The molecule has 1 amide bonds. The summed E-state index contributed by atoms with van der Waals surface area (Å²) in [6.07, 6.45) is 13.0. The van der Waals surface area contributed by atoms with Crippen LogP contribution >= 0.6 is 0 Å². The van der Waals surface area contributed by atoms with Gasteiger partial charge >= 0.3 is 6.09 Å². The van der Waals surface area contributed by atoms with Crippen LogP contribution in [0.2, 0.25) is 0 Å². The Labute approximate surface area is 252 Å². The zero-order chi connectivity index (χ0) is 30.1. The molecule has 0 spiro atoms. The molecule has 0 radical (unpaired) electrons. The van der Waals surface area contributed by atoms with E-state index in [1.165, 1.54) is 0 Å². The molecular weight excluding hydrogens is 546 g/mol. The van der Waals surface area contributed by atoms with Gasteiger partial charge in [0, 0.05) is 50.7 Å². The Balaban J connectivity index is 1.15. The summed E-state index contributed by atoms with van der Waals surface area (Å²) in [6, 6.07) is 3.70. The second-order valence-electron chi connectivity index (χ2n) is 13.1. The average Bonchev–Trinajstić information content (AvgIpc) is 3.41. The summed E-state index contributed by atoms with van der Waals surface area (Å²) >= 11 is 0. The van der Waals surface area contributed by atoms with Gasteiger partial charge in [-0.15, -0.1) is 5.10 Å². The van der Waals surface area contributed by atoms with E-state index < -0.39 is 5.60 Å². The van der Waals surface area contributed by atoms with Crippen LogP contribution in [0.1, 0.15) is 72.4 Å². The Hall–Kier alpha value is -3.96. The molecule has 3 aromatic heterocycles. The summed E-state index contributed by atoms with van der Waals surface area (Å²) in [5.41, 5.74) is 1.48. The molecule has 0 N–H and O–H groups in total. The van der Waals surface area contributed by atoms with Gasteiger partial charge in [0.2, 0.25) is 0 Å². The SMILES string of the molecule is CC(n1cc(-c2cncc(N3CCCC3)n2)nn1)n1ccc(N2CCC[C@@H](N(CC3CC3)C(=O)OC(C)(C)C)C2)cc1=O. The maximum atomic E-state index is 13.4. The van der Waals surface area contributed by atoms with Gasteiger partial charge in [-0.1, -0.05) is 5.21 Å². The van der Waals surface area contributed by atoms with Crippen LogP contribution in [0.25, 0.3) is 11.4 Å². The molecule has 43 heavy (non-hydrogen) atoms. The molecule has 1 aliphatic carbocycles. The molecule has 3 aliphatic rings. The van der Waals surface area contributed by atoms with Gasteiger partial charge in [0.15, 0.2) is 0 Å². The summed E-state index contributed by atoms with van der Waals surface area (Å²) in [5, 5.41) is 8.65. The van der Waals surface area contributed by atoms with Crippen molar-refractivity contribution in [2.45, 2.75) is 84.0 Å². The first-order valence-electron chi connectivity index (χ1n) is 15.6. The fourth-order valence-electron chi connectivity index (χ4n) is 5.98. The van der Waals surface area contributed by atoms with Crippen molar-refractivity contribution in [1.82, 2.24) is 34.4 Å². The number of carbonyl (C=O) groups excluding carboxylic acids is 1. The second-order valence-corrected chi connectivity index (χ2v) is 13.1. The van der Waals surface area contributed by atoms with Gasteiger partial charge in [-0.05, 0) is 78.2 Å². The molecule has 2 aliphatic heterocycles. The first-order chi connectivity index (χ1) is 20.6. The highest BCUT2D eigenvalue weighted by molar-refractivity contribution is 5.69. The molecule has 2 atom stereocenters. The summed E-state index contributed by atoms with van der Waals surface area (Å²) in [7, 11) is 0. The number of ether oxygens (including phenoxy) is 1. The monoisotopic (exact) mass is 589 g/mol. The fourth-order valence-corrected chi connectivity index (χ4v) is 5.98. The largest absolute Gasteiger partial charge is 0.444 e. The van der Waals surface area contributed by atoms with Crippen LogP contribution in [0.3, 0.4) is 0 Å². The standard InChI is InChI=1S/C31H43N9O3/c1-22(40-21-27(34-35-40)26-17-32-18-28(33-26)36-12-5-6-13-36)38-15-11-24(16-29(38)41)37-14-7-8-25(20-37)39(19-23-9-10-23)30(42)43-31(2,3)4/h11,15-18,21-23,25H,5-10,12-14,19-20H2,1-4H3/t22?,25-/m1/s1. The third-order valence-corrected chi connectivity index (χ3v) is 8.52. The summed E-state index contributed by atoms with van der Waals surface area (Å²) in [5.74, 6) is 1.41. The van der Waals surface area contributed by atoms with Crippen molar-refractivity contribution in [1.29, 1.82) is 0 Å². The molecule has 230 valence electrons. The van der Waals surface area contributed by atoms with Crippen LogP contribution in [-0.4, -0.2) is 84.9 Å². The van der Waals surface area contributed by atoms with E-state index in [9.17, 15) is 9.59 Å². The molecule has 3 aromatic rings. The van der Waals surface area contributed by atoms with Crippen LogP contribution in [0.15, 0.2) is 41.7 Å². The highest BCUT2D eigenvalue weighted by Gasteiger charge is 2.36. The third-order valence-electron chi connectivity index (χ3n) is 8.52. The fraction of sp³-hybridized carbons (Fsp3) is 0.613. The Kier molecular flexibility index (Phi) is 8.11. The van der Waals surface area contributed by atoms with Crippen LogP contribution in [0.4, 0.5) is 16.3 Å². The zero-order valence-electron chi connectivity index (χ0n) is 25.7. The lowest BCUT2D eigenvalue weighted by molar-refractivity contribution is 0.0134. The topological polar surface area (TPSA) is 115 Å². The Bertz CT molecular complexity index is 1490. The number of carbonyl (C=O) groups is 1. The second kappa shape index (κ2) is 12.0. The van der Waals surface area contributed by atoms with Gasteiger partial charge in [-0.2, -0.15) is 0 Å². The van der Waals surface area contributed by atoms with Crippen LogP contribution < -0.4 is 15.4 Å². The normalized spacial score (nSPS) is 19.9. The smallest absolute Gasteiger partial charge is 0.410 e. The van der Waals surface area contributed by atoms with Crippen molar-refractivity contribution in [3.05, 3.63) is 47.3 Å². The Morgan fingerprint density at radius 3 is 2.56 bits per heavy atom. The Morgan fingerprint density at radius 2 is 1.84 bits per heavy atom. The highest BCUT2D eigenvalue weighted by atomic mass is 16.6. The quantitative estimate of drug-likeness (QED) is 0.382. The van der Waals surface area contributed by atoms with E-state index in [4.69, 9.17) is 9.72 Å². The number of anilines is 2. The van der Waals surface area contributed by atoms with Crippen molar-refractivity contribution in [3.8, 4) is 11.4 Å². The van der Waals surface area contributed by atoms with Gasteiger partial charge in [0.1, 0.15) is 29.0 Å². The molecule has 1 saturated carbocycles. The lowest BCUT2D eigenvalue weighted by Gasteiger charge is -2.40. The number of pyridine rings is 1. The van der Waals surface area contributed by atoms with E-state index in [1.807, 2.05) is 51.1 Å². The lowest BCUT2D eigenvalue weighted by Crippen LogP contribution is -2.52. The van der Waals surface area contributed by atoms with Crippen molar-refractivity contribution in [3.63, 3.8) is 0 Å². The summed E-state index contributed by atoms with van der Waals surface area (Å²) < 4.78 is 9.10. The van der Waals surface area contributed by atoms with Crippen LogP contribution in [0.5, 0.6) is 0 Å². The van der Waals surface area contributed by atoms with Gasteiger partial charge in [-0.3, -0.25) is 14.3 Å². The maximum Gasteiger partial charge on any atom is 0.410 e. The molecule has 0 aromatic carbocycles. The molecule has 12 nitrogen and oxygen atoms in total. The van der Waals surface area contributed by atoms with Crippen molar-refractivity contribution >= 4 is 17.6 Å². The average molecular weight is 590 g/mol. The van der Waals surface area contributed by atoms with Crippen molar-refractivity contribution < 1.29 is 9.53 Å². The number of hydrogen-bond acceptors (Lipinski definition) is 9. The molecule has 12 heteroatoms. The molecule has 2 saturated heterocycles. The van der Waals surface area contributed by atoms with Crippen LogP contribution in [0, 0.1) is 5.92 Å². The number of nitrogens with zero attached hydrogens (tertiary/aromatic N) is 9. The summed E-state index contributed by atoms with van der Waals surface area (Å²) in [6.45, 7) is 11.9. The minimum Gasteiger partial charge on any atom is -0.444 e. The number of rotatable bonds is 8. The number of hydrogen-bond donors (Lipinski definition) is 0. The van der Waals surface area contributed by atoms with E-state index in [1.54, 1.807) is 27.7 Å². The van der Waals surface area contributed by atoms with Gasteiger partial charge in [0.05, 0.1) is 24.6 Å². The first-order valence-corrected chi connectivity index (χ1v) is 15.6. The van der Waals surface area contributed by atoms with Crippen molar-refractivity contribution in [2.75, 3.05) is 42.5 Å². The minimum absolute atomic E-state index is 0.0474. The molecule has 1 unspecified atom stereocenters. The first kappa shape index (κ1) is 29.1. The molecular formula is C31H43N9O3. The molecule has 6 rings (SSSR count). The summed E-state index contributed by atoms with van der Waals surface area (Å²) in [4.78, 5) is 42.0. The number of amides is 1. The van der Waals surface area contributed by atoms with Gasteiger partial charge in [-0.25, -0.2) is 14.5 Å². The zero-order valence-corrected chi connectivity index (χ0v) is 25.7. The third kappa shape index (κ3) is 6.83. The van der Waals surface area contributed by atoms with Gasteiger partial charge in [0.25, 0.3) is 5.56 Å². The highest BCUT2D eigenvalue weighted by Crippen LogP contribution is 2.33. The molecule has 3 fully saturated rings. The Morgan fingerprint density at radius 1 is 1.07 bits per heavy atom. The number of piperidine rings is 1. The predicted octanol–water partition coefficient (Wildman–Crippen LogP) is 4.18. The van der Waals surface area contributed by atoms with E-state index in [2.05, 4.69) is 25.1 Å². The maximum absolute atomic E-state index is 13.4. The van der Waals surface area contributed by atoms with Crippen LogP contribution in [-0.2, 0) is 4.74 Å².